The monoisotopic (exact) mass is 407 g/mol. The summed E-state index contributed by atoms with van der Waals surface area (Å²) in [5.74, 6) is 0.212. The number of benzene rings is 2. The van der Waals surface area contributed by atoms with E-state index in [2.05, 4.69) is 56.1 Å². The van der Waals surface area contributed by atoms with Gasteiger partial charge < -0.3 is 9.72 Å². The van der Waals surface area contributed by atoms with Crippen LogP contribution in [0.15, 0.2) is 42.5 Å². The maximum absolute atomic E-state index is 12.0. The molecule has 1 heterocycles. The molecule has 0 bridgehead atoms. The number of hydrogen-bond acceptors (Lipinski definition) is 2. The second-order valence-electron chi connectivity index (χ2n) is 7.61. The number of ether oxygens (including phenoxy) is 1. The molecule has 3 heteroatoms. The van der Waals surface area contributed by atoms with Crippen molar-refractivity contribution in [2.24, 2.45) is 0 Å². The maximum Gasteiger partial charge on any atom is 0.337 e. The van der Waals surface area contributed by atoms with Crippen LogP contribution in [0, 0.1) is 6.92 Å². The third kappa shape index (κ3) is 5.13. The van der Waals surface area contributed by atoms with Gasteiger partial charge in [-0.3, -0.25) is 0 Å². The van der Waals surface area contributed by atoms with Crippen molar-refractivity contribution in [1.29, 1.82) is 0 Å². The van der Waals surface area contributed by atoms with Crippen LogP contribution < -0.4 is 0 Å². The van der Waals surface area contributed by atoms with Gasteiger partial charge in [-0.2, -0.15) is 0 Å². The number of unbranched alkanes of at least 4 members (excludes halogenated alkanes) is 1. The summed E-state index contributed by atoms with van der Waals surface area (Å²) < 4.78 is 4.91. The number of nitrogens with one attached hydrogen (secondary N) is 1. The lowest BCUT2D eigenvalue weighted by Gasteiger charge is -2.19. The third-order valence-electron chi connectivity index (χ3n) is 5.63. The Balaban J connectivity index is 0.00000155. The quantitative estimate of drug-likeness (QED) is 0.384. The fourth-order valence-electron chi connectivity index (χ4n) is 4.19. The number of rotatable bonds is 8. The molecule has 0 aliphatic rings. The van der Waals surface area contributed by atoms with Gasteiger partial charge in [0, 0.05) is 16.5 Å². The molecule has 1 aromatic heterocycles. The second-order valence-corrected chi connectivity index (χ2v) is 7.61. The SMILES string of the molecule is CC.CCCCC(CCC)c1c(-c2ccccc2C)[nH]c2cc(C(=O)OC)ccc12. The lowest BCUT2D eigenvalue weighted by atomic mass is 9.85. The average Bonchev–Trinajstić information content (AvgIpc) is 3.16. The van der Waals surface area contributed by atoms with Crippen LogP contribution in [0.25, 0.3) is 22.2 Å². The number of carbonyl (C=O) groups is 1. The first kappa shape index (κ1) is 23.7. The van der Waals surface area contributed by atoms with E-state index in [1.54, 1.807) is 0 Å². The summed E-state index contributed by atoms with van der Waals surface area (Å²) in [5.41, 5.74) is 6.69. The number of H-pyrrole nitrogens is 1. The van der Waals surface area contributed by atoms with Gasteiger partial charge in [0.25, 0.3) is 0 Å². The molecule has 0 fully saturated rings. The highest BCUT2D eigenvalue weighted by molar-refractivity contribution is 5.98. The van der Waals surface area contributed by atoms with E-state index in [9.17, 15) is 4.79 Å². The van der Waals surface area contributed by atoms with Crippen LogP contribution >= 0.6 is 0 Å². The lowest BCUT2D eigenvalue weighted by molar-refractivity contribution is 0.0601. The van der Waals surface area contributed by atoms with E-state index in [0.29, 0.717) is 11.5 Å². The van der Waals surface area contributed by atoms with Crippen molar-refractivity contribution in [2.75, 3.05) is 7.11 Å². The van der Waals surface area contributed by atoms with E-state index in [-0.39, 0.29) is 5.97 Å². The molecule has 0 amide bonds. The van der Waals surface area contributed by atoms with Crippen molar-refractivity contribution in [3.63, 3.8) is 0 Å². The molecule has 2 aromatic carbocycles. The van der Waals surface area contributed by atoms with Gasteiger partial charge in [-0.25, -0.2) is 4.79 Å². The van der Waals surface area contributed by atoms with Gasteiger partial charge in [-0.15, -0.1) is 0 Å². The number of aromatic nitrogens is 1. The number of carbonyl (C=O) groups excluding carboxylic acids is 1. The van der Waals surface area contributed by atoms with Gasteiger partial charge in [0.15, 0.2) is 0 Å². The Bertz CT molecular complexity index is 955. The van der Waals surface area contributed by atoms with Crippen molar-refractivity contribution in [3.05, 3.63) is 59.2 Å². The first-order valence-electron chi connectivity index (χ1n) is 11.4. The topological polar surface area (TPSA) is 42.1 Å². The van der Waals surface area contributed by atoms with E-state index in [1.807, 2.05) is 26.0 Å². The minimum Gasteiger partial charge on any atom is -0.465 e. The van der Waals surface area contributed by atoms with E-state index >= 15 is 0 Å². The van der Waals surface area contributed by atoms with Gasteiger partial charge in [-0.1, -0.05) is 77.3 Å². The highest BCUT2D eigenvalue weighted by atomic mass is 16.5. The van der Waals surface area contributed by atoms with Gasteiger partial charge in [0.1, 0.15) is 0 Å². The lowest BCUT2D eigenvalue weighted by Crippen LogP contribution is -2.02. The zero-order chi connectivity index (χ0) is 22.1. The first-order valence-corrected chi connectivity index (χ1v) is 11.4. The zero-order valence-electron chi connectivity index (χ0n) is 19.5. The molecule has 3 nitrogen and oxygen atoms in total. The number of esters is 1. The summed E-state index contributed by atoms with van der Waals surface area (Å²) in [7, 11) is 1.42. The Morgan fingerprint density at radius 1 is 1.03 bits per heavy atom. The summed E-state index contributed by atoms with van der Waals surface area (Å²) in [6, 6.07) is 14.4. The van der Waals surface area contributed by atoms with E-state index in [4.69, 9.17) is 4.74 Å². The van der Waals surface area contributed by atoms with Crippen LogP contribution in [0.3, 0.4) is 0 Å². The van der Waals surface area contributed by atoms with Crippen molar-refractivity contribution in [3.8, 4) is 11.3 Å². The summed E-state index contributed by atoms with van der Waals surface area (Å²) in [6.07, 6.45) is 5.95. The van der Waals surface area contributed by atoms with Crippen molar-refractivity contribution >= 4 is 16.9 Å². The first-order chi connectivity index (χ1) is 14.6. The van der Waals surface area contributed by atoms with Gasteiger partial charge >= 0.3 is 5.97 Å². The van der Waals surface area contributed by atoms with Crippen LogP contribution in [0.4, 0.5) is 0 Å². The minimum atomic E-state index is -0.299. The Morgan fingerprint density at radius 3 is 2.40 bits per heavy atom. The van der Waals surface area contributed by atoms with Crippen LogP contribution in [-0.2, 0) is 4.74 Å². The summed E-state index contributed by atoms with van der Waals surface area (Å²) in [6.45, 7) is 10.7. The average molecular weight is 408 g/mol. The van der Waals surface area contributed by atoms with Crippen LogP contribution in [0.5, 0.6) is 0 Å². The van der Waals surface area contributed by atoms with E-state index in [1.165, 1.54) is 60.6 Å². The fourth-order valence-corrected chi connectivity index (χ4v) is 4.19. The second kappa shape index (κ2) is 11.6. The molecule has 1 atom stereocenters. The van der Waals surface area contributed by atoms with Crippen molar-refractivity contribution in [1.82, 2.24) is 4.98 Å². The molecule has 1 unspecified atom stereocenters. The molecular weight excluding hydrogens is 370 g/mol. The largest absolute Gasteiger partial charge is 0.465 e. The number of methoxy groups -OCH3 is 1. The highest BCUT2D eigenvalue weighted by Crippen LogP contribution is 2.41. The Hall–Kier alpha value is -2.55. The molecule has 0 aliphatic heterocycles. The minimum absolute atomic E-state index is 0.299. The van der Waals surface area contributed by atoms with Gasteiger partial charge in [0.05, 0.1) is 18.4 Å². The van der Waals surface area contributed by atoms with Crippen LogP contribution in [-0.4, -0.2) is 18.1 Å². The Morgan fingerprint density at radius 2 is 1.77 bits per heavy atom. The number of fused-ring (bicyclic) bond motifs is 1. The standard InChI is InChI=1S/C25H31NO2.C2H6/c1-5-7-12-18(10-6-2)23-21-15-14-19(25(27)28-4)16-22(21)26-24(23)20-13-9-8-11-17(20)3;1-2/h8-9,11,13-16,18,26H,5-7,10,12H2,1-4H3;1-2H3. The molecule has 0 saturated heterocycles. The number of aromatic amines is 1. The molecular formula is C27H37NO2. The molecule has 3 rings (SSSR count). The molecule has 0 aliphatic carbocycles. The van der Waals surface area contributed by atoms with E-state index < -0.39 is 0 Å². The van der Waals surface area contributed by atoms with Gasteiger partial charge in [-0.05, 0) is 48.9 Å². The summed E-state index contributed by atoms with van der Waals surface area (Å²) >= 11 is 0. The highest BCUT2D eigenvalue weighted by Gasteiger charge is 2.22. The summed E-state index contributed by atoms with van der Waals surface area (Å²) in [5, 5.41) is 1.22. The molecule has 30 heavy (non-hydrogen) atoms. The smallest absolute Gasteiger partial charge is 0.337 e. The molecule has 0 spiro atoms. The Labute approximate surface area is 181 Å². The normalized spacial score (nSPS) is 11.7. The van der Waals surface area contributed by atoms with Gasteiger partial charge in [0.2, 0.25) is 0 Å². The van der Waals surface area contributed by atoms with Crippen LogP contribution in [0.1, 0.15) is 87.2 Å². The molecule has 3 aromatic rings. The predicted octanol–water partition coefficient (Wildman–Crippen LogP) is 8.03. The number of aryl methyl sites for hydroxylation is 1. The fraction of sp³-hybridized carbons (Fsp3) is 0.444. The van der Waals surface area contributed by atoms with Crippen molar-refractivity contribution < 1.29 is 9.53 Å². The predicted molar refractivity (Wildman–Crippen MR) is 128 cm³/mol. The third-order valence-corrected chi connectivity index (χ3v) is 5.63. The van der Waals surface area contributed by atoms with Crippen LogP contribution in [0.2, 0.25) is 0 Å². The van der Waals surface area contributed by atoms with Crippen molar-refractivity contribution in [2.45, 2.75) is 72.6 Å². The summed E-state index contributed by atoms with van der Waals surface area (Å²) in [4.78, 5) is 15.7. The van der Waals surface area contributed by atoms with E-state index in [0.717, 1.165) is 11.9 Å². The zero-order valence-corrected chi connectivity index (χ0v) is 19.5. The molecule has 162 valence electrons. The molecule has 0 radical (unpaired) electrons. The molecule has 0 saturated carbocycles. The number of hydrogen-bond donors (Lipinski definition) is 1. The maximum atomic E-state index is 12.0. The Kier molecular flexibility index (Phi) is 9.16. The molecule has 1 N–H and O–H groups in total.